The molecule has 0 radical (unpaired) electrons. The lowest BCUT2D eigenvalue weighted by molar-refractivity contribution is 0.127. The third-order valence-electron chi connectivity index (χ3n) is 5.61. The van der Waals surface area contributed by atoms with Gasteiger partial charge in [0.25, 0.3) is 0 Å². The summed E-state index contributed by atoms with van der Waals surface area (Å²) >= 11 is 0. The van der Waals surface area contributed by atoms with E-state index in [-0.39, 0.29) is 0 Å². The molecule has 2 atom stereocenters. The Kier molecular flexibility index (Phi) is 9.59. The molecule has 1 fully saturated rings. The highest BCUT2D eigenvalue weighted by Gasteiger charge is 2.33. The van der Waals surface area contributed by atoms with Gasteiger partial charge in [0.2, 0.25) is 0 Å². The third kappa shape index (κ3) is 6.61. The topological polar surface area (TPSA) is 26.0 Å². The quantitative estimate of drug-likeness (QED) is 0.457. The van der Waals surface area contributed by atoms with Crippen LogP contribution in [0.5, 0.6) is 0 Å². The molecule has 0 aliphatic heterocycles. The van der Waals surface area contributed by atoms with Gasteiger partial charge in [-0.25, -0.2) is 0 Å². The molecule has 1 aliphatic rings. The van der Waals surface area contributed by atoms with E-state index in [9.17, 15) is 0 Å². The van der Waals surface area contributed by atoms with Crippen molar-refractivity contribution in [2.45, 2.75) is 104 Å². The maximum atomic E-state index is 6.15. The SMILES string of the molecule is CCCCCCCCCCC1(CN)CCCC(CC)C1. The number of nitrogens with two attached hydrogens (primary N) is 1. The molecule has 0 aromatic heterocycles. The van der Waals surface area contributed by atoms with Crippen LogP contribution in [0.3, 0.4) is 0 Å². The molecule has 0 bridgehead atoms. The summed E-state index contributed by atoms with van der Waals surface area (Å²) in [6, 6.07) is 0. The molecule has 0 aromatic carbocycles. The van der Waals surface area contributed by atoms with Crippen LogP contribution in [0.4, 0.5) is 0 Å². The van der Waals surface area contributed by atoms with Gasteiger partial charge in [-0.1, -0.05) is 84.5 Å². The molecule has 0 spiro atoms. The van der Waals surface area contributed by atoms with Gasteiger partial charge in [-0.15, -0.1) is 0 Å². The Balaban J connectivity index is 2.11. The van der Waals surface area contributed by atoms with E-state index < -0.39 is 0 Å². The summed E-state index contributed by atoms with van der Waals surface area (Å²) in [5.74, 6) is 0.960. The van der Waals surface area contributed by atoms with Crippen molar-refractivity contribution < 1.29 is 0 Å². The van der Waals surface area contributed by atoms with Gasteiger partial charge in [0.15, 0.2) is 0 Å². The Labute approximate surface area is 128 Å². The average Bonchev–Trinajstić information content (AvgIpc) is 2.50. The normalized spacial score (nSPS) is 26.9. The summed E-state index contributed by atoms with van der Waals surface area (Å²) in [6.45, 7) is 5.58. The highest BCUT2D eigenvalue weighted by Crippen LogP contribution is 2.43. The first kappa shape index (κ1) is 18.0. The number of hydrogen-bond donors (Lipinski definition) is 1. The molecule has 120 valence electrons. The van der Waals surface area contributed by atoms with Gasteiger partial charge >= 0.3 is 0 Å². The van der Waals surface area contributed by atoms with Gasteiger partial charge in [0, 0.05) is 0 Å². The molecule has 2 unspecified atom stereocenters. The monoisotopic (exact) mass is 281 g/mol. The van der Waals surface area contributed by atoms with E-state index in [4.69, 9.17) is 5.73 Å². The van der Waals surface area contributed by atoms with Crippen molar-refractivity contribution in [1.82, 2.24) is 0 Å². The number of unbranched alkanes of at least 4 members (excludes halogenated alkanes) is 7. The lowest BCUT2D eigenvalue weighted by Gasteiger charge is -2.40. The van der Waals surface area contributed by atoms with E-state index in [1.807, 2.05) is 0 Å². The van der Waals surface area contributed by atoms with Gasteiger partial charge < -0.3 is 5.73 Å². The Bertz CT molecular complexity index is 226. The predicted molar refractivity (Wildman–Crippen MR) is 91.0 cm³/mol. The van der Waals surface area contributed by atoms with Crippen molar-refractivity contribution in [2.75, 3.05) is 6.54 Å². The first-order valence-corrected chi connectivity index (χ1v) is 9.46. The summed E-state index contributed by atoms with van der Waals surface area (Å²) < 4.78 is 0. The van der Waals surface area contributed by atoms with Crippen LogP contribution in [0.25, 0.3) is 0 Å². The van der Waals surface area contributed by atoms with E-state index in [2.05, 4.69) is 13.8 Å². The maximum Gasteiger partial charge on any atom is -0.00204 e. The summed E-state index contributed by atoms with van der Waals surface area (Å²) in [5.41, 5.74) is 6.67. The summed E-state index contributed by atoms with van der Waals surface area (Å²) in [6.07, 6.45) is 19.9. The first-order valence-electron chi connectivity index (χ1n) is 9.46. The average molecular weight is 282 g/mol. The summed E-state index contributed by atoms with van der Waals surface area (Å²) in [4.78, 5) is 0. The largest absolute Gasteiger partial charge is 0.330 e. The molecule has 1 rings (SSSR count). The third-order valence-corrected chi connectivity index (χ3v) is 5.61. The van der Waals surface area contributed by atoms with Crippen LogP contribution >= 0.6 is 0 Å². The van der Waals surface area contributed by atoms with Crippen LogP contribution in [0.1, 0.15) is 104 Å². The standard InChI is InChI=1S/C19H39N/c1-3-5-6-7-8-9-10-11-14-19(17-20)15-12-13-18(4-2)16-19/h18H,3-17,20H2,1-2H3. The second-order valence-electron chi connectivity index (χ2n) is 7.30. The molecule has 0 saturated heterocycles. The van der Waals surface area contributed by atoms with E-state index in [1.54, 1.807) is 0 Å². The Morgan fingerprint density at radius 3 is 2.20 bits per heavy atom. The van der Waals surface area contributed by atoms with E-state index in [0.717, 1.165) is 12.5 Å². The fraction of sp³-hybridized carbons (Fsp3) is 1.00. The zero-order chi connectivity index (χ0) is 14.7. The van der Waals surface area contributed by atoms with Crippen molar-refractivity contribution in [3.63, 3.8) is 0 Å². The van der Waals surface area contributed by atoms with Gasteiger partial charge in [-0.2, -0.15) is 0 Å². The molecule has 1 heteroatoms. The number of hydrogen-bond acceptors (Lipinski definition) is 1. The fourth-order valence-corrected chi connectivity index (χ4v) is 4.08. The van der Waals surface area contributed by atoms with Gasteiger partial charge in [0.05, 0.1) is 0 Å². The molecule has 0 amide bonds. The molecule has 1 saturated carbocycles. The minimum Gasteiger partial charge on any atom is -0.330 e. The molecule has 20 heavy (non-hydrogen) atoms. The Hall–Kier alpha value is -0.0400. The van der Waals surface area contributed by atoms with Crippen LogP contribution in [0.2, 0.25) is 0 Å². The van der Waals surface area contributed by atoms with Gasteiger partial charge in [-0.3, -0.25) is 0 Å². The van der Waals surface area contributed by atoms with Crippen molar-refractivity contribution in [2.24, 2.45) is 17.1 Å². The zero-order valence-electron chi connectivity index (χ0n) is 14.3. The van der Waals surface area contributed by atoms with Crippen molar-refractivity contribution in [1.29, 1.82) is 0 Å². The van der Waals surface area contributed by atoms with Crippen LogP contribution in [0.15, 0.2) is 0 Å². The molecule has 1 nitrogen and oxygen atoms in total. The van der Waals surface area contributed by atoms with Gasteiger partial charge in [-0.05, 0) is 37.1 Å². The van der Waals surface area contributed by atoms with E-state index in [0.29, 0.717) is 5.41 Å². The van der Waals surface area contributed by atoms with Crippen LogP contribution < -0.4 is 5.73 Å². The first-order chi connectivity index (χ1) is 9.76. The minimum atomic E-state index is 0.515. The molecule has 0 aromatic rings. The molecular formula is C19H39N. The fourth-order valence-electron chi connectivity index (χ4n) is 4.08. The minimum absolute atomic E-state index is 0.515. The van der Waals surface area contributed by atoms with Crippen LogP contribution in [-0.4, -0.2) is 6.54 Å². The van der Waals surface area contributed by atoms with Crippen molar-refractivity contribution >= 4 is 0 Å². The summed E-state index contributed by atoms with van der Waals surface area (Å²) in [5, 5.41) is 0. The van der Waals surface area contributed by atoms with E-state index >= 15 is 0 Å². The van der Waals surface area contributed by atoms with Crippen LogP contribution in [0, 0.1) is 11.3 Å². The van der Waals surface area contributed by atoms with Crippen molar-refractivity contribution in [3.8, 4) is 0 Å². The Morgan fingerprint density at radius 2 is 1.60 bits per heavy atom. The summed E-state index contributed by atoms with van der Waals surface area (Å²) in [7, 11) is 0. The Morgan fingerprint density at radius 1 is 0.950 bits per heavy atom. The van der Waals surface area contributed by atoms with Crippen molar-refractivity contribution in [3.05, 3.63) is 0 Å². The lowest BCUT2D eigenvalue weighted by Crippen LogP contribution is -2.35. The molecule has 0 heterocycles. The molecular weight excluding hydrogens is 242 g/mol. The number of rotatable bonds is 11. The zero-order valence-corrected chi connectivity index (χ0v) is 14.3. The second-order valence-corrected chi connectivity index (χ2v) is 7.30. The molecule has 2 N–H and O–H groups in total. The lowest BCUT2D eigenvalue weighted by atomic mass is 9.66. The highest BCUT2D eigenvalue weighted by molar-refractivity contribution is 4.87. The van der Waals surface area contributed by atoms with Gasteiger partial charge in [0.1, 0.15) is 0 Å². The molecule has 1 aliphatic carbocycles. The maximum absolute atomic E-state index is 6.15. The smallest absolute Gasteiger partial charge is 0.00204 e. The predicted octanol–water partition coefficient (Wildman–Crippen LogP) is 6.06. The van der Waals surface area contributed by atoms with Crippen LogP contribution in [-0.2, 0) is 0 Å². The second kappa shape index (κ2) is 10.7. The highest BCUT2D eigenvalue weighted by atomic mass is 14.6. The van der Waals surface area contributed by atoms with E-state index in [1.165, 1.54) is 89.9 Å².